The van der Waals surface area contributed by atoms with E-state index in [1.807, 2.05) is 0 Å². The average Bonchev–Trinajstić information content (AvgIpc) is 3.19. The fourth-order valence-electron chi connectivity index (χ4n) is 4.95. The number of ether oxygens (including phenoxy) is 4. The van der Waals surface area contributed by atoms with E-state index in [1.165, 1.54) is 44.4 Å². The summed E-state index contributed by atoms with van der Waals surface area (Å²) >= 11 is 6.56. The number of anilines is 2. The lowest BCUT2D eigenvalue weighted by atomic mass is 10.1. The van der Waals surface area contributed by atoms with Crippen molar-refractivity contribution < 1.29 is 42.2 Å². The third-order valence-corrected chi connectivity index (χ3v) is 7.57. The Morgan fingerprint density at radius 1 is 0.957 bits per heavy atom. The van der Waals surface area contributed by atoms with E-state index in [9.17, 15) is 19.2 Å². The monoisotopic (exact) mass is 655 g/mol. The Labute approximate surface area is 276 Å². The number of carbonyl (C=O) groups excluding carboxylic acids is 4. The standard InChI is InChI=1S/C33H37ClN4O8/c1-8-38(9-2)27(39)16-24-33(42)35-22-15-23(36-32(41)21-14-26(43-5)29(44-6)30(45-7)28(21)34)25(13-20(22)31(40)37-24)46-19-11-17(3)10-18(4)12-19/h10-15,24H,8-9,16H2,1-7H3,(H,35,42)(H,36,41)(H,37,40)/t24-/m0/s1/i10D,11D,12D. The minimum Gasteiger partial charge on any atom is -0.493 e. The van der Waals surface area contributed by atoms with Crippen molar-refractivity contribution in [3.63, 3.8) is 0 Å². The van der Waals surface area contributed by atoms with Crippen LogP contribution in [0.4, 0.5) is 11.4 Å². The molecular weight excluding hydrogens is 616 g/mol. The van der Waals surface area contributed by atoms with Gasteiger partial charge in [-0.25, -0.2) is 0 Å². The number of amides is 4. The number of benzene rings is 3. The number of nitrogens with zero attached hydrogens (tertiary/aromatic N) is 1. The van der Waals surface area contributed by atoms with Gasteiger partial charge in [0.25, 0.3) is 11.8 Å². The van der Waals surface area contributed by atoms with Crippen molar-refractivity contribution in [2.75, 3.05) is 45.1 Å². The van der Waals surface area contributed by atoms with Gasteiger partial charge >= 0.3 is 0 Å². The van der Waals surface area contributed by atoms with Gasteiger partial charge in [-0.05, 0) is 69.1 Å². The van der Waals surface area contributed by atoms with Crippen molar-refractivity contribution in [2.24, 2.45) is 0 Å². The molecule has 0 fully saturated rings. The summed E-state index contributed by atoms with van der Waals surface area (Å²) in [6.45, 7) is 7.53. The summed E-state index contributed by atoms with van der Waals surface area (Å²) in [5.74, 6) is -2.57. The van der Waals surface area contributed by atoms with E-state index in [-0.39, 0.29) is 97.9 Å². The molecule has 0 bridgehead atoms. The molecule has 13 heteroatoms. The van der Waals surface area contributed by atoms with Crippen molar-refractivity contribution in [1.29, 1.82) is 0 Å². The number of rotatable bonds is 11. The number of fused-ring (bicyclic) bond motifs is 1. The maximum atomic E-state index is 13.8. The molecule has 0 radical (unpaired) electrons. The van der Waals surface area contributed by atoms with Gasteiger partial charge in [-0.15, -0.1) is 0 Å². The summed E-state index contributed by atoms with van der Waals surface area (Å²) in [7, 11) is 4.08. The van der Waals surface area contributed by atoms with Gasteiger partial charge in [-0.2, -0.15) is 0 Å². The second kappa shape index (κ2) is 14.4. The molecule has 244 valence electrons. The number of halogens is 1. The van der Waals surface area contributed by atoms with Crippen molar-refractivity contribution >= 4 is 46.6 Å². The lowest BCUT2D eigenvalue weighted by Gasteiger charge is -2.21. The van der Waals surface area contributed by atoms with E-state index >= 15 is 0 Å². The number of hydrogen-bond donors (Lipinski definition) is 3. The SMILES string of the molecule is [2H]c1c(C)c([2H])c(Oc2cc3c(cc2NC(=O)c2cc(OC)c(OC)c(OC)c2Cl)NC(=O)[C@H](CC(=O)N(CC)CC)NC3=O)c([2H])c1C. The van der Waals surface area contributed by atoms with Crippen molar-refractivity contribution in [3.05, 3.63) is 63.6 Å². The molecular formula is C33H37ClN4O8. The van der Waals surface area contributed by atoms with Gasteiger partial charge in [0, 0.05) is 13.1 Å². The lowest BCUT2D eigenvalue weighted by Crippen LogP contribution is -2.45. The highest BCUT2D eigenvalue weighted by Gasteiger charge is 2.32. The van der Waals surface area contributed by atoms with Crippen molar-refractivity contribution in [1.82, 2.24) is 10.2 Å². The van der Waals surface area contributed by atoms with Crippen molar-refractivity contribution in [3.8, 4) is 28.7 Å². The molecule has 0 saturated heterocycles. The summed E-state index contributed by atoms with van der Waals surface area (Å²) < 4.78 is 47.6. The van der Waals surface area contributed by atoms with Gasteiger partial charge < -0.3 is 39.8 Å². The molecule has 1 aliphatic rings. The molecule has 12 nitrogen and oxygen atoms in total. The Balaban J connectivity index is 1.85. The quantitative estimate of drug-likeness (QED) is 0.251. The summed E-state index contributed by atoms with van der Waals surface area (Å²) in [5.41, 5.74) is 0.237. The van der Waals surface area contributed by atoms with E-state index in [4.69, 9.17) is 34.7 Å². The van der Waals surface area contributed by atoms with Crippen LogP contribution in [0, 0.1) is 13.8 Å². The molecule has 0 saturated carbocycles. The molecule has 3 aromatic rings. The number of nitrogens with one attached hydrogen (secondary N) is 3. The first-order chi connectivity index (χ1) is 23.2. The van der Waals surface area contributed by atoms with Crippen LogP contribution in [-0.4, -0.2) is 69.0 Å². The first-order valence-electron chi connectivity index (χ1n) is 15.8. The van der Waals surface area contributed by atoms with Gasteiger partial charge in [0.15, 0.2) is 17.2 Å². The third kappa shape index (κ3) is 7.12. The molecule has 4 amide bonds. The first kappa shape index (κ1) is 29.7. The van der Waals surface area contributed by atoms with Crippen LogP contribution in [0.15, 0.2) is 36.3 Å². The second-order valence-corrected chi connectivity index (χ2v) is 10.6. The smallest absolute Gasteiger partial charge is 0.257 e. The van der Waals surface area contributed by atoms with E-state index in [2.05, 4.69) is 16.0 Å². The van der Waals surface area contributed by atoms with E-state index < -0.39 is 23.8 Å². The van der Waals surface area contributed by atoms with Gasteiger partial charge in [0.2, 0.25) is 17.6 Å². The van der Waals surface area contributed by atoms with E-state index in [1.54, 1.807) is 27.7 Å². The highest BCUT2D eigenvalue weighted by Crippen LogP contribution is 2.45. The van der Waals surface area contributed by atoms with Crippen LogP contribution in [0.5, 0.6) is 28.7 Å². The summed E-state index contributed by atoms with van der Waals surface area (Å²) in [6.07, 6.45) is -0.289. The molecule has 0 aliphatic carbocycles. The third-order valence-electron chi connectivity index (χ3n) is 7.19. The van der Waals surface area contributed by atoms with Crippen LogP contribution in [0.25, 0.3) is 0 Å². The first-order valence-corrected chi connectivity index (χ1v) is 14.7. The lowest BCUT2D eigenvalue weighted by molar-refractivity contribution is -0.133. The summed E-state index contributed by atoms with van der Waals surface area (Å²) in [6, 6.07) is 2.17. The largest absolute Gasteiger partial charge is 0.493 e. The van der Waals surface area contributed by atoms with E-state index in [0.717, 1.165) is 0 Å². The molecule has 1 aliphatic heterocycles. The Hall–Kier alpha value is -4.97. The maximum absolute atomic E-state index is 13.8. The topological polar surface area (TPSA) is 145 Å². The molecule has 46 heavy (non-hydrogen) atoms. The molecule has 0 aromatic heterocycles. The molecule has 4 rings (SSSR count). The van der Waals surface area contributed by atoms with Gasteiger partial charge in [0.05, 0.1) is 59.4 Å². The van der Waals surface area contributed by atoms with Crippen LogP contribution in [0.3, 0.4) is 0 Å². The Morgan fingerprint density at radius 3 is 2.20 bits per heavy atom. The molecule has 3 aromatic carbocycles. The molecule has 1 atom stereocenters. The maximum Gasteiger partial charge on any atom is 0.257 e. The molecule has 1 heterocycles. The van der Waals surface area contributed by atoms with Crippen LogP contribution in [-0.2, 0) is 9.59 Å². The van der Waals surface area contributed by atoms with Crippen LogP contribution < -0.4 is 34.9 Å². The normalized spacial score (nSPS) is 14.8. The Morgan fingerprint density at radius 2 is 1.61 bits per heavy atom. The molecule has 0 unspecified atom stereocenters. The highest BCUT2D eigenvalue weighted by atomic mass is 35.5. The van der Waals surface area contributed by atoms with Gasteiger partial charge in [-0.3, -0.25) is 19.2 Å². The number of carbonyl (C=O) groups is 4. The average molecular weight is 656 g/mol. The Bertz CT molecular complexity index is 1820. The van der Waals surface area contributed by atoms with E-state index in [0.29, 0.717) is 13.1 Å². The van der Waals surface area contributed by atoms with Crippen LogP contribution >= 0.6 is 11.6 Å². The Kier molecular flexibility index (Phi) is 9.32. The fourth-order valence-corrected chi connectivity index (χ4v) is 5.25. The minimum absolute atomic E-state index is 0.00207. The predicted octanol–water partition coefficient (Wildman–Crippen LogP) is 5.34. The fraction of sp³-hybridized carbons (Fsp3) is 0.333. The zero-order valence-electron chi connectivity index (χ0n) is 29.5. The molecule has 0 spiro atoms. The number of hydrogen-bond acceptors (Lipinski definition) is 8. The molecule has 3 N–H and O–H groups in total. The predicted molar refractivity (Wildman–Crippen MR) is 174 cm³/mol. The zero-order chi connectivity index (χ0) is 36.3. The minimum atomic E-state index is -1.21. The number of methoxy groups -OCH3 is 3. The van der Waals surface area contributed by atoms with Crippen LogP contribution in [0.2, 0.25) is 5.02 Å². The summed E-state index contributed by atoms with van der Waals surface area (Å²) in [5, 5.41) is 7.82. The van der Waals surface area contributed by atoms with Crippen LogP contribution in [0.1, 0.15) is 56.2 Å². The highest BCUT2D eigenvalue weighted by molar-refractivity contribution is 6.36. The van der Waals surface area contributed by atoms with Gasteiger partial charge in [0.1, 0.15) is 11.8 Å². The summed E-state index contributed by atoms with van der Waals surface area (Å²) in [4.78, 5) is 55.0. The van der Waals surface area contributed by atoms with Crippen molar-refractivity contribution in [2.45, 2.75) is 40.2 Å². The second-order valence-electron chi connectivity index (χ2n) is 10.2. The van der Waals surface area contributed by atoms with Gasteiger partial charge in [-0.1, -0.05) is 17.6 Å². The zero-order valence-corrected chi connectivity index (χ0v) is 27.3.